The van der Waals surface area contributed by atoms with E-state index in [1.807, 2.05) is 0 Å². The number of amides is 1. The lowest BCUT2D eigenvalue weighted by atomic mass is 9.98. The van der Waals surface area contributed by atoms with Crippen LogP contribution >= 0.6 is 24.0 Å². The van der Waals surface area contributed by atoms with Gasteiger partial charge in [0.1, 0.15) is 9.07 Å². The number of rotatable bonds is 2. The zero-order valence-electron chi connectivity index (χ0n) is 9.88. The summed E-state index contributed by atoms with van der Waals surface area (Å²) in [5, 5.41) is 2.54. The number of alkyl halides is 3. The van der Waals surface area contributed by atoms with Gasteiger partial charge in [-0.15, -0.1) is 0 Å². The predicted molar refractivity (Wildman–Crippen MR) is 71.9 cm³/mol. The lowest BCUT2D eigenvalue weighted by Gasteiger charge is -2.19. The lowest BCUT2D eigenvalue weighted by molar-refractivity contribution is -0.137. The monoisotopic (exact) mass is 305 g/mol. The Morgan fingerprint density at radius 2 is 1.89 bits per heavy atom. The minimum absolute atomic E-state index is 0.206. The Balaban J connectivity index is 2.16. The highest BCUT2D eigenvalue weighted by atomic mass is 32.2. The van der Waals surface area contributed by atoms with E-state index in [1.54, 1.807) is 6.92 Å². The predicted octanol–water partition coefficient (Wildman–Crippen LogP) is 3.15. The number of thioether (sulfide) groups is 1. The molecule has 7 heteroatoms. The maximum absolute atomic E-state index is 12.4. The van der Waals surface area contributed by atoms with Crippen molar-refractivity contribution in [1.29, 1.82) is 0 Å². The van der Waals surface area contributed by atoms with Crippen molar-refractivity contribution in [2.45, 2.75) is 24.3 Å². The van der Waals surface area contributed by atoms with Crippen LogP contribution in [-0.2, 0) is 17.4 Å². The summed E-state index contributed by atoms with van der Waals surface area (Å²) in [6.07, 6.45) is -4.01. The number of carbonyl (C=O) groups excluding carboxylic acids is 1. The van der Waals surface area contributed by atoms with E-state index in [1.165, 1.54) is 23.9 Å². The average Bonchev–Trinajstić information content (AvgIpc) is 2.51. The minimum Gasteiger partial charge on any atom is -0.310 e. The number of carbonyl (C=O) groups is 1. The Hall–Kier alpha value is -1.08. The molecule has 2 nitrogen and oxygen atoms in total. The third-order valence-corrected chi connectivity index (χ3v) is 4.26. The molecule has 1 fully saturated rings. The summed E-state index contributed by atoms with van der Waals surface area (Å²) in [4.78, 5) is 11.7. The van der Waals surface area contributed by atoms with Crippen LogP contribution in [0.3, 0.4) is 0 Å². The van der Waals surface area contributed by atoms with Gasteiger partial charge in [0.15, 0.2) is 0 Å². The molecule has 0 aromatic heterocycles. The number of thiocarbonyl (C=S) groups is 1. The largest absolute Gasteiger partial charge is 0.416 e. The van der Waals surface area contributed by atoms with Gasteiger partial charge >= 0.3 is 6.18 Å². The van der Waals surface area contributed by atoms with Crippen molar-refractivity contribution in [1.82, 2.24) is 5.32 Å². The van der Waals surface area contributed by atoms with Gasteiger partial charge in [0.25, 0.3) is 0 Å². The molecule has 0 bridgehead atoms. The van der Waals surface area contributed by atoms with Crippen LogP contribution in [-0.4, -0.2) is 15.0 Å². The Kier molecular flexibility index (Phi) is 3.61. The molecule has 0 spiro atoms. The van der Waals surface area contributed by atoms with Gasteiger partial charge < -0.3 is 5.32 Å². The maximum Gasteiger partial charge on any atom is 0.416 e. The van der Waals surface area contributed by atoms with E-state index in [2.05, 4.69) is 5.32 Å². The molecule has 1 saturated heterocycles. The molecule has 0 saturated carbocycles. The van der Waals surface area contributed by atoms with E-state index in [-0.39, 0.29) is 5.91 Å². The zero-order valence-corrected chi connectivity index (χ0v) is 11.5. The van der Waals surface area contributed by atoms with Crippen LogP contribution in [0, 0.1) is 0 Å². The van der Waals surface area contributed by atoms with Gasteiger partial charge in [0.2, 0.25) is 5.91 Å². The maximum atomic E-state index is 12.4. The smallest absolute Gasteiger partial charge is 0.310 e. The summed E-state index contributed by atoms with van der Waals surface area (Å²) in [5.74, 6) is -0.206. The molecule has 102 valence electrons. The molecule has 19 heavy (non-hydrogen) atoms. The van der Waals surface area contributed by atoms with Crippen LogP contribution < -0.4 is 5.32 Å². The number of hydrogen-bond donors (Lipinski definition) is 1. The van der Waals surface area contributed by atoms with Crippen LogP contribution in [0.2, 0.25) is 0 Å². The van der Waals surface area contributed by atoms with Gasteiger partial charge in [-0.1, -0.05) is 36.1 Å². The molecule has 0 aliphatic carbocycles. The Morgan fingerprint density at radius 1 is 1.32 bits per heavy atom. The van der Waals surface area contributed by atoms with E-state index in [0.717, 1.165) is 12.1 Å². The fourth-order valence-electron chi connectivity index (χ4n) is 1.82. The lowest BCUT2D eigenvalue weighted by Crippen LogP contribution is -2.35. The molecule has 1 aliphatic heterocycles. The molecule has 1 N–H and O–H groups in total. The second-order valence-corrected chi connectivity index (χ2v) is 6.63. The van der Waals surface area contributed by atoms with Gasteiger partial charge in [-0.05, 0) is 31.0 Å². The average molecular weight is 305 g/mol. The molecule has 1 aromatic carbocycles. The second kappa shape index (κ2) is 4.79. The van der Waals surface area contributed by atoms with E-state index in [4.69, 9.17) is 12.2 Å². The summed E-state index contributed by atoms with van der Waals surface area (Å²) < 4.78 is 36.9. The molecule has 1 heterocycles. The summed E-state index contributed by atoms with van der Waals surface area (Å²) in [6.45, 7) is 1.73. The highest BCUT2D eigenvalue weighted by Crippen LogP contribution is 2.35. The number of hydrogen-bond acceptors (Lipinski definition) is 3. The first-order valence-corrected chi connectivity index (χ1v) is 6.64. The van der Waals surface area contributed by atoms with Crippen molar-refractivity contribution in [3.8, 4) is 0 Å². The van der Waals surface area contributed by atoms with Gasteiger partial charge in [-0.3, -0.25) is 4.79 Å². The third kappa shape index (κ3) is 3.09. The van der Waals surface area contributed by atoms with Crippen LogP contribution in [0.4, 0.5) is 13.2 Å². The number of halogens is 3. The molecule has 1 aromatic rings. The third-order valence-electron chi connectivity index (χ3n) is 2.84. The first-order valence-electron chi connectivity index (χ1n) is 5.41. The van der Waals surface area contributed by atoms with E-state index < -0.39 is 16.5 Å². The summed E-state index contributed by atoms with van der Waals surface area (Å²) in [5.41, 5.74) is -0.0247. The molecule has 1 atom stereocenters. The fourth-order valence-corrected chi connectivity index (χ4v) is 3.40. The van der Waals surface area contributed by atoms with Crippen LogP contribution in [0.25, 0.3) is 0 Å². The topological polar surface area (TPSA) is 29.1 Å². The summed E-state index contributed by atoms with van der Waals surface area (Å²) >= 11 is 6.14. The summed E-state index contributed by atoms with van der Waals surface area (Å²) in [7, 11) is 0. The van der Waals surface area contributed by atoms with Gasteiger partial charge in [0.05, 0.1) is 5.56 Å². The van der Waals surface area contributed by atoms with Crippen LogP contribution in [0.5, 0.6) is 0 Å². The van der Waals surface area contributed by atoms with Crippen molar-refractivity contribution in [3.63, 3.8) is 0 Å². The molecule has 2 rings (SSSR count). The second-order valence-electron chi connectivity index (χ2n) is 4.45. The van der Waals surface area contributed by atoms with Crippen molar-refractivity contribution in [2.24, 2.45) is 0 Å². The Labute approximate surface area is 117 Å². The Morgan fingerprint density at radius 3 is 2.32 bits per heavy atom. The van der Waals surface area contributed by atoms with Crippen molar-refractivity contribution < 1.29 is 18.0 Å². The quantitative estimate of drug-likeness (QED) is 0.851. The number of benzene rings is 1. The van der Waals surface area contributed by atoms with Crippen LogP contribution in [0.1, 0.15) is 18.1 Å². The van der Waals surface area contributed by atoms with E-state index in [0.29, 0.717) is 16.3 Å². The van der Waals surface area contributed by atoms with Crippen molar-refractivity contribution in [2.75, 3.05) is 0 Å². The summed E-state index contributed by atoms with van der Waals surface area (Å²) in [6, 6.07) is 4.83. The van der Waals surface area contributed by atoms with E-state index >= 15 is 0 Å². The Bertz CT molecular complexity index is 527. The minimum atomic E-state index is -4.34. The first-order chi connectivity index (χ1) is 8.71. The first kappa shape index (κ1) is 14.3. The number of nitrogens with one attached hydrogen (secondary N) is 1. The highest BCUT2D eigenvalue weighted by Gasteiger charge is 2.41. The van der Waals surface area contributed by atoms with Crippen molar-refractivity contribution in [3.05, 3.63) is 35.4 Å². The zero-order chi connectivity index (χ0) is 14.3. The van der Waals surface area contributed by atoms with Gasteiger partial charge in [-0.25, -0.2) is 0 Å². The fraction of sp³-hybridized carbons (Fsp3) is 0.333. The molecule has 1 amide bonds. The molecule has 0 radical (unpaired) electrons. The van der Waals surface area contributed by atoms with Gasteiger partial charge in [-0.2, -0.15) is 13.2 Å². The SMILES string of the molecule is CC1(Cc2ccc(C(F)(F)F)cc2)SC(=S)NC1=O. The van der Waals surface area contributed by atoms with E-state index in [9.17, 15) is 18.0 Å². The highest BCUT2D eigenvalue weighted by molar-refractivity contribution is 8.25. The molecule has 1 aliphatic rings. The van der Waals surface area contributed by atoms with Crippen molar-refractivity contribution >= 4 is 34.2 Å². The van der Waals surface area contributed by atoms with Crippen LogP contribution in [0.15, 0.2) is 24.3 Å². The standard InChI is InChI=1S/C12H10F3NOS2/c1-11(9(17)16-10(18)19-11)6-7-2-4-8(5-3-7)12(13,14)15/h2-5H,6H2,1H3,(H,16,17,18). The molecular formula is C12H10F3NOS2. The van der Waals surface area contributed by atoms with Gasteiger partial charge in [0, 0.05) is 0 Å². The molecule has 1 unspecified atom stereocenters. The molecular weight excluding hydrogens is 295 g/mol. The normalized spacial score (nSPS) is 23.6.